The molecule has 4 heteroatoms. The van der Waals surface area contributed by atoms with Crippen LogP contribution in [-0.2, 0) is 17.6 Å². The Labute approximate surface area is 93.2 Å². The summed E-state index contributed by atoms with van der Waals surface area (Å²) in [6, 6.07) is 0. The fourth-order valence-electron chi connectivity index (χ4n) is 1.74. The number of amides is 1. The molecule has 15 heavy (non-hydrogen) atoms. The molecule has 0 aliphatic heterocycles. The number of hydrogen-bond acceptors (Lipinski definition) is 3. The molecular weight excluding hydrogens is 208 g/mol. The first kappa shape index (κ1) is 10.4. The zero-order valence-electron chi connectivity index (χ0n) is 8.58. The van der Waals surface area contributed by atoms with E-state index in [0.717, 1.165) is 12.8 Å². The molecule has 1 aliphatic rings. The van der Waals surface area contributed by atoms with Crippen molar-refractivity contribution < 1.29 is 4.79 Å². The number of fused-ring (bicyclic) bond motifs is 1. The van der Waals surface area contributed by atoms with Gasteiger partial charge in [-0.3, -0.25) is 10.1 Å². The standard InChI is InChI=1S/C11H14N2OS/c1-2-10(14)13-11-12-8-6-4-3-5-7-9(8)15-11/h2H,1,3-7H2,(H,12,13,14). The lowest BCUT2D eigenvalue weighted by molar-refractivity contribution is -0.111. The third-order valence-electron chi connectivity index (χ3n) is 2.51. The Balaban J connectivity index is 2.14. The van der Waals surface area contributed by atoms with E-state index in [-0.39, 0.29) is 5.91 Å². The van der Waals surface area contributed by atoms with Gasteiger partial charge in [-0.05, 0) is 31.8 Å². The highest BCUT2D eigenvalue weighted by atomic mass is 32.1. The maximum Gasteiger partial charge on any atom is 0.249 e. The lowest BCUT2D eigenvalue weighted by atomic mass is 10.2. The number of hydrogen-bond donors (Lipinski definition) is 1. The minimum atomic E-state index is -0.182. The number of nitrogens with one attached hydrogen (secondary N) is 1. The largest absolute Gasteiger partial charge is 0.298 e. The Morgan fingerprint density at radius 1 is 1.40 bits per heavy atom. The molecule has 0 radical (unpaired) electrons. The molecule has 0 fully saturated rings. The Morgan fingerprint density at radius 3 is 3.00 bits per heavy atom. The first-order chi connectivity index (χ1) is 7.29. The molecule has 0 atom stereocenters. The Hall–Kier alpha value is -1.16. The summed E-state index contributed by atoms with van der Waals surface area (Å²) in [5.74, 6) is -0.182. The van der Waals surface area contributed by atoms with Gasteiger partial charge in [-0.1, -0.05) is 13.0 Å². The van der Waals surface area contributed by atoms with Crippen LogP contribution in [0.15, 0.2) is 12.7 Å². The predicted octanol–water partition coefficient (Wildman–Crippen LogP) is 2.54. The van der Waals surface area contributed by atoms with Gasteiger partial charge in [-0.2, -0.15) is 0 Å². The zero-order valence-corrected chi connectivity index (χ0v) is 9.40. The van der Waals surface area contributed by atoms with Crippen LogP contribution < -0.4 is 5.32 Å². The van der Waals surface area contributed by atoms with Crippen LogP contribution in [0.1, 0.15) is 29.8 Å². The summed E-state index contributed by atoms with van der Waals surface area (Å²) in [5.41, 5.74) is 1.18. The number of thiazole rings is 1. The molecule has 1 N–H and O–H groups in total. The van der Waals surface area contributed by atoms with Crippen molar-refractivity contribution in [3.8, 4) is 0 Å². The van der Waals surface area contributed by atoms with E-state index in [0.29, 0.717) is 5.13 Å². The van der Waals surface area contributed by atoms with Gasteiger partial charge in [-0.25, -0.2) is 4.98 Å². The van der Waals surface area contributed by atoms with Crippen LogP contribution in [0.5, 0.6) is 0 Å². The molecule has 1 aromatic heterocycles. The van der Waals surface area contributed by atoms with Gasteiger partial charge in [0.1, 0.15) is 0 Å². The van der Waals surface area contributed by atoms with Gasteiger partial charge < -0.3 is 0 Å². The summed E-state index contributed by atoms with van der Waals surface area (Å²) >= 11 is 1.60. The molecular formula is C11H14N2OS. The van der Waals surface area contributed by atoms with Crippen LogP contribution in [0, 0.1) is 0 Å². The van der Waals surface area contributed by atoms with Crippen molar-refractivity contribution in [2.45, 2.75) is 32.1 Å². The van der Waals surface area contributed by atoms with Crippen LogP contribution in [0.25, 0.3) is 0 Å². The van der Waals surface area contributed by atoms with E-state index in [9.17, 15) is 4.79 Å². The first-order valence-electron chi connectivity index (χ1n) is 5.21. The minimum Gasteiger partial charge on any atom is -0.298 e. The van der Waals surface area contributed by atoms with E-state index in [4.69, 9.17) is 0 Å². The highest BCUT2D eigenvalue weighted by molar-refractivity contribution is 7.15. The van der Waals surface area contributed by atoms with Gasteiger partial charge in [0.15, 0.2) is 5.13 Å². The molecule has 1 heterocycles. The number of carbonyl (C=O) groups excluding carboxylic acids is 1. The molecule has 0 bridgehead atoms. The van der Waals surface area contributed by atoms with Crippen molar-refractivity contribution >= 4 is 22.4 Å². The van der Waals surface area contributed by atoms with E-state index < -0.39 is 0 Å². The van der Waals surface area contributed by atoms with Crippen molar-refractivity contribution in [2.75, 3.05) is 5.32 Å². The Morgan fingerprint density at radius 2 is 2.20 bits per heavy atom. The molecule has 0 spiro atoms. The number of aromatic nitrogens is 1. The fraction of sp³-hybridized carbons (Fsp3) is 0.455. The Kier molecular flexibility index (Phi) is 3.16. The summed E-state index contributed by atoms with van der Waals surface area (Å²) in [6.45, 7) is 3.42. The van der Waals surface area contributed by atoms with E-state index >= 15 is 0 Å². The number of anilines is 1. The number of carbonyl (C=O) groups is 1. The van der Waals surface area contributed by atoms with Crippen molar-refractivity contribution in [1.29, 1.82) is 0 Å². The molecule has 1 aliphatic carbocycles. The van der Waals surface area contributed by atoms with Crippen LogP contribution in [-0.4, -0.2) is 10.9 Å². The third kappa shape index (κ3) is 2.45. The number of aryl methyl sites for hydroxylation is 2. The second-order valence-corrected chi connectivity index (χ2v) is 4.73. The average Bonchev–Trinajstić information content (AvgIpc) is 2.48. The zero-order chi connectivity index (χ0) is 10.7. The van der Waals surface area contributed by atoms with Crippen molar-refractivity contribution in [1.82, 2.24) is 4.98 Å². The van der Waals surface area contributed by atoms with E-state index in [1.807, 2.05) is 0 Å². The smallest absolute Gasteiger partial charge is 0.249 e. The average molecular weight is 222 g/mol. The molecule has 0 unspecified atom stereocenters. The normalized spacial score (nSPS) is 15.2. The maximum atomic E-state index is 11.1. The Bertz CT molecular complexity index is 360. The molecule has 3 nitrogen and oxygen atoms in total. The van der Waals surface area contributed by atoms with Gasteiger partial charge >= 0.3 is 0 Å². The molecule has 1 amide bonds. The van der Waals surface area contributed by atoms with Gasteiger partial charge in [-0.15, -0.1) is 11.3 Å². The summed E-state index contributed by atoms with van der Waals surface area (Å²) in [5, 5.41) is 3.43. The molecule has 0 saturated carbocycles. The highest BCUT2D eigenvalue weighted by Crippen LogP contribution is 2.28. The number of rotatable bonds is 2. The second kappa shape index (κ2) is 4.57. The molecule has 0 aromatic carbocycles. The lowest BCUT2D eigenvalue weighted by Gasteiger charge is -1.95. The van der Waals surface area contributed by atoms with Gasteiger partial charge in [0.25, 0.3) is 0 Å². The third-order valence-corrected chi connectivity index (χ3v) is 3.58. The van der Waals surface area contributed by atoms with Crippen molar-refractivity contribution in [3.63, 3.8) is 0 Å². The summed E-state index contributed by atoms with van der Waals surface area (Å²) in [6.07, 6.45) is 7.17. The fourth-order valence-corrected chi connectivity index (χ4v) is 2.79. The quantitative estimate of drug-likeness (QED) is 0.617. The van der Waals surface area contributed by atoms with Crippen molar-refractivity contribution in [3.05, 3.63) is 23.2 Å². The second-order valence-electron chi connectivity index (χ2n) is 3.64. The lowest BCUT2D eigenvalue weighted by Crippen LogP contribution is -2.06. The van der Waals surface area contributed by atoms with Crippen LogP contribution >= 0.6 is 11.3 Å². The molecule has 2 rings (SSSR count). The maximum absolute atomic E-state index is 11.1. The number of nitrogens with zero attached hydrogens (tertiary/aromatic N) is 1. The van der Waals surface area contributed by atoms with Gasteiger partial charge in [0, 0.05) is 4.88 Å². The summed E-state index contributed by atoms with van der Waals surface area (Å²) in [7, 11) is 0. The van der Waals surface area contributed by atoms with Crippen LogP contribution in [0.2, 0.25) is 0 Å². The molecule has 1 aromatic rings. The molecule has 0 saturated heterocycles. The summed E-state index contributed by atoms with van der Waals surface area (Å²) < 4.78 is 0. The highest BCUT2D eigenvalue weighted by Gasteiger charge is 2.14. The SMILES string of the molecule is C=CC(=O)Nc1nc2c(s1)CCCCC2. The topological polar surface area (TPSA) is 42.0 Å². The van der Waals surface area contributed by atoms with Crippen LogP contribution in [0.3, 0.4) is 0 Å². The minimum absolute atomic E-state index is 0.182. The van der Waals surface area contributed by atoms with Gasteiger partial charge in [0.2, 0.25) is 5.91 Å². The predicted molar refractivity (Wildman–Crippen MR) is 62.2 cm³/mol. The van der Waals surface area contributed by atoms with Crippen molar-refractivity contribution in [2.24, 2.45) is 0 Å². The first-order valence-corrected chi connectivity index (χ1v) is 6.03. The van der Waals surface area contributed by atoms with Gasteiger partial charge in [0.05, 0.1) is 5.69 Å². The van der Waals surface area contributed by atoms with E-state index in [2.05, 4.69) is 16.9 Å². The monoisotopic (exact) mass is 222 g/mol. The summed E-state index contributed by atoms with van der Waals surface area (Å²) in [4.78, 5) is 16.9. The van der Waals surface area contributed by atoms with E-state index in [1.54, 1.807) is 11.3 Å². The molecule has 80 valence electrons. The van der Waals surface area contributed by atoms with E-state index in [1.165, 1.54) is 35.9 Å². The van der Waals surface area contributed by atoms with Crippen LogP contribution in [0.4, 0.5) is 5.13 Å².